The standard InChI is InChI=1S/C26H36ClN3O3S.2ClH/c1-2-18-34(31,32)30(15-13-28)16-17-33-23-9-4-20-10-14-29-25(24(20)19-23)26(11-3-12-26)21-5-7-22(27)8-6-21;;/h4-9,19,25,29H,2-3,10-18,28H2,1H3;2*1H. The number of fused-ring (bicyclic) bond motifs is 1. The van der Waals surface area contributed by atoms with Crippen molar-refractivity contribution in [2.75, 3.05) is 38.5 Å². The first-order chi connectivity index (χ1) is 16.4. The fourth-order valence-corrected chi connectivity index (χ4v) is 7.02. The Morgan fingerprint density at radius 2 is 1.86 bits per heavy atom. The number of rotatable bonds is 11. The van der Waals surface area contributed by atoms with E-state index in [1.54, 1.807) is 0 Å². The topological polar surface area (TPSA) is 84.7 Å². The number of hydrogen-bond acceptors (Lipinski definition) is 5. The van der Waals surface area contributed by atoms with Crippen molar-refractivity contribution in [1.29, 1.82) is 0 Å². The van der Waals surface area contributed by atoms with E-state index in [1.165, 1.54) is 27.4 Å². The molecule has 0 radical (unpaired) electrons. The minimum absolute atomic E-state index is 0. The molecule has 2 aliphatic rings. The van der Waals surface area contributed by atoms with E-state index < -0.39 is 10.0 Å². The summed E-state index contributed by atoms with van der Waals surface area (Å²) >= 11 is 6.17. The van der Waals surface area contributed by atoms with Crippen LogP contribution >= 0.6 is 36.4 Å². The van der Waals surface area contributed by atoms with Gasteiger partial charge in [0.15, 0.2) is 0 Å². The minimum atomic E-state index is -3.31. The Balaban J connectivity index is 0.00000228. The maximum atomic E-state index is 12.5. The van der Waals surface area contributed by atoms with Crippen LogP contribution in [0.15, 0.2) is 42.5 Å². The number of benzene rings is 2. The Kier molecular flexibility index (Phi) is 11.8. The first-order valence-electron chi connectivity index (χ1n) is 12.3. The molecule has 1 saturated carbocycles. The van der Waals surface area contributed by atoms with Gasteiger partial charge in [-0.15, -0.1) is 24.8 Å². The highest BCUT2D eigenvalue weighted by atomic mass is 35.5. The third-order valence-electron chi connectivity index (χ3n) is 7.23. The summed E-state index contributed by atoms with van der Waals surface area (Å²) in [6.07, 6.45) is 5.07. The third kappa shape index (κ3) is 6.68. The van der Waals surface area contributed by atoms with Gasteiger partial charge >= 0.3 is 0 Å². The Bertz CT molecular complexity index is 1080. The van der Waals surface area contributed by atoms with Crippen LogP contribution in [0.25, 0.3) is 0 Å². The number of ether oxygens (including phenoxy) is 1. The van der Waals surface area contributed by atoms with Gasteiger partial charge in [0.05, 0.1) is 5.75 Å². The van der Waals surface area contributed by atoms with E-state index in [0.717, 1.165) is 36.6 Å². The fourth-order valence-electron chi connectivity index (χ4n) is 5.38. The van der Waals surface area contributed by atoms with Gasteiger partial charge in [-0.2, -0.15) is 4.31 Å². The summed E-state index contributed by atoms with van der Waals surface area (Å²) in [5.74, 6) is 0.907. The van der Waals surface area contributed by atoms with E-state index in [4.69, 9.17) is 22.1 Å². The second-order valence-corrected chi connectivity index (χ2v) is 11.9. The molecule has 2 aromatic carbocycles. The van der Waals surface area contributed by atoms with Crippen LogP contribution in [0.3, 0.4) is 0 Å². The Labute approximate surface area is 233 Å². The van der Waals surface area contributed by atoms with Gasteiger partial charge in [-0.25, -0.2) is 8.42 Å². The number of halogens is 3. The molecule has 10 heteroatoms. The zero-order valence-electron chi connectivity index (χ0n) is 20.7. The molecule has 36 heavy (non-hydrogen) atoms. The van der Waals surface area contributed by atoms with E-state index in [9.17, 15) is 8.42 Å². The van der Waals surface area contributed by atoms with Crippen LogP contribution in [-0.2, 0) is 21.9 Å². The van der Waals surface area contributed by atoms with E-state index in [2.05, 4.69) is 29.6 Å². The van der Waals surface area contributed by atoms with Crippen LogP contribution in [0.1, 0.15) is 55.3 Å². The highest BCUT2D eigenvalue weighted by molar-refractivity contribution is 7.89. The lowest BCUT2D eigenvalue weighted by Crippen LogP contribution is -2.49. The van der Waals surface area contributed by atoms with Crippen LogP contribution in [0.5, 0.6) is 5.75 Å². The summed E-state index contributed by atoms with van der Waals surface area (Å²) in [4.78, 5) is 0. The van der Waals surface area contributed by atoms with Crippen LogP contribution in [0.2, 0.25) is 5.02 Å². The average molecular weight is 579 g/mol. The molecule has 1 heterocycles. The van der Waals surface area contributed by atoms with Crippen LogP contribution in [0.4, 0.5) is 0 Å². The smallest absolute Gasteiger partial charge is 0.214 e. The van der Waals surface area contributed by atoms with Crippen molar-refractivity contribution in [3.05, 3.63) is 64.2 Å². The van der Waals surface area contributed by atoms with Crippen molar-refractivity contribution in [2.45, 2.75) is 50.5 Å². The van der Waals surface area contributed by atoms with Crippen LogP contribution in [0, 0.1) is 0 Å². The molecule has 1 fully saturated rings. The first-order valence-corrected chi connectivity index (χ1v) is 14.3. The Morgan fingerprint density at radius 1 is 1.14 bits per heavy atom. The van der Waals surface area contributed by atoms with Crippen molar-refractivity contribution < 1.29 is 13.2 Å². The highest BCUT2D eigenvalue weighted by Gasteiger charge is 2.47. The lowest BCUT2D eigenvalue weighted by atomic mass is 9.58. The number of nitrogens with zero attached hydrogens (tertiary/aromatic N) is 1. The molecule has 6 nitrogen and oxygen atoms in total. The molecule has 1 aliphatic heterocycles. The number of nitrogens with one attached hydrogen (secondary N) is 1. The lowest BCUT2D eigenvalue weighted by molar-refractivity contribution is 0.164. The molecule has 0 spiro atoms. The maximum absolute atomic E-state index is 12.5. The fraction of sp³-hybridized carbons (Fsp3) is 0.538. The summed E-state index contributed by atoms with van der Waals surface area (Å²) < 4.78 is 32.5. The Morgan fingerprint density at radius 3 is 2.47 bits per heavy atom. The van der Waals surface area contributed by atoms with Crippen molar-refractivity contribution in [3.8, 4) is 5.75 Å². The normalized spacial score (nSPS) is 18.4. The largest absolute Gasteiger partial charge is 0.492 e. The molecule has 2 aromatic rings. The van der Waals surface area contributed by atoms with E-state index >= 15 is 0 Å². The molecule has 0 bridgehead atoms. The maximum Gasteiger partial charge on any atom is 0.214 e. The van der Waals surface area contributed by atoms with Crippen molar-refractivity contribution >= 4 is 46.4 Å². The van der Waals surface area contributed by atoms with Gasteiger partial charge in [0.1, 0.15) is 12.4 Å². The highest BCUT2D eigenvalue weighted by Crippen LogP contribution is 2.53. The lowest BCUT2D eigenvalue weighted by Gasteiger charge is -2.50. The van der Waals surface area contributed by atoms with Crippen molar-refractivity contribution in [3.63, 3.8) is 0 Å². The molecule has 0 saturated heterocycles. The summed E-state index contributed by atoms with van der Waals surface area (Å²) in [5.41, 5.74) is 9.68. The predicted molar refractivity (Wildman–Crippen MR) is 153 cm³/mol. The van der Waals surface area contributed by atoms with Crippen LogP contribution in [-0.4, -0.2) is 51.3 Å². The van der Waals surface area contributed by atoms with E-state index in [-0.39, 0.29) is 42.0 Å². The number of hydrogen-bond donors (Lipinski definition) is 2. The number of sulfonamides is 1. The van der Waals surface area contributed by atoms with Gasteiger partial charge in [0.2, 0.25) is 10.0 Å². The zero-order chi connectivity index (χ0) is 24.2. The summed E-state index contributed by atoms with van der Waals surface area (Å²) in [5, 5.41) is 4.55. The van der Waals surface area contributed by atoms with E-state index in [1.807, 2.05) is 25.1 Å². The minimum Gasteiger partial charge on any atom is -0.492 e. The zero-order valence-corrected chi connectivity index (χ0v) is 24.0. The monoisotopic (exact) mass is 577 g/mol. The quantitative estimate of drug-likeness (QED) is 0.397. The predicted octanol–water partition coefficient (Wildman–Crippen LogP) is 4.87. The molecule has 1 aliphatic carbocycles. The molecular weight excluding hydrogens is 541 g/mol. The van der Waals surface area contributed by atoms with E-state index in [0.29, 0.717) is 32.7 Å². The van der Waals surface area contributed by atoms with Gasteiger partial charge in [-0.05, 0) is 73.2 Å². The second kappa shape index (κ2) is 13.7. The van der Waals surface area contributed by atoms with Gasteiger partial charge < -0.3 is 15.8 Å². The first kappa shape index (κ1) is 31.2. The molecule has 0 amide bonds. The molecule has 3 N–H and O–H groups in total. The van der Waals surface area contributed by atoms with Gasteiger partial charge in [-0.1, -0.05) is 43.1 Å². The van der Waals surface area contributed by atoms with Gasteiger partial charge in [-0.3, -0.25) is 0 Å². The summed E-state index contributed by atoms with van der Waals surface area (Å²) in [6, 6.07) is 14.8. The molecule has 1 unspecified atom stereocenters. The average Bonchev–Trinajstić information content (AvgIpc) is 2.79. The molecule has 1 atom stereocenters. The van der Waals surface area contributed by atoms with Crippen molar-refractivity contribution in [2.24, 2.45) is 5.73 Å². The summed E-state index contributed by atoms with van der Waals surface area (Å²) in [6.45, 7) is 4.02. The third-order valence-corrected chi connectivity index (χ3v) is 9.56. The van der Waals surface area contributed by atoms with Crippen LogP contribution < -0.4 is 15.8 Å². The molecule has 202 valence electrons. The van der Waals surface area contributed by atoms with Crippen molar-refractivity contribution in [1.82, 2.24) is 9.62 Å². The summed E-state index contributed by atoms with van der Waals surface area (Å²) in [7, 11) is -3.31. The van der Waals surface area contributed by atoms with Gasteiger partial charge in [0, 0.05) is 36.1 Å². The second-order valence-electron chi connectivity index (χ2n) is 9.37. The molecule has 4 rings (SSSR count). The molecular formula is C26H38Cl3N3O3S. The molecule has 0 aromatic heterocycles. The van der Waals surface area contributed by atoms with Gasteiger partial charge in [0.25, 0.3) is 0 Å². The SMILES string of the molecule is CCCS(=O)(=O)N(CCN)CCOc1ccc2c(c1)C(C1(c3ccc(Cl)cc3)CCC1)NCC2.Cl.Cl. The number of nitrogens with two attached hydrogens (primary N) is 1. The Hall–Kier alpha value is -1.06.